The van der Waals surface area contributed by atoms with Crippen molar-refractivity contribution in [1.29, 1.82) is 0 Å². The molecule has 2 unspecified atom stereocenters. The Hall–Kier alpha value is -2.24. The van der Waals surface area contributed by atoms with Gasteiger partial charge in [0.05, 0.1) is 0 Å². The van der Waals surface area contributed by atoms with Crippen LogP contribution in [-0.2, 0) is 4.74 Å². The van der Waals surface area contributed by atoms with Crippen LogP contribution in [0.4, 0.5) is 4.79 Å². The average molecular weight is 361 g/mol. The Morgan fingerprint density at radius 3 is 2.50 bits per heavy atom. The van der Waals surface area contributed by atoms with Crippen LogP contribution >= 0.6 is 0 Å². The molecule has 2 rings (SSSR count). The zero-order chi connectivity index (χ0) is 19.0. The average Bonchev–Trinajstić information content (AvgIpc) is 3.35. The summed E-state index contributed by atoms with van der Waals surface area (Å²) in [5.74, 6) is 2.04. The molecule has 1 amide bonds. The van der Waals surface area contributed by atoms with E-state index in [2.05, 4.69) is 51.3 Å². The van der Waals surface area contributed by atoms with Crippen molar-refractivity contribution in [3.05, 3.63) is 35.9 Å². The van der Waals surface area contributed by atoms with Gasteiger partial charge in [-0.15, -0.1) is 0 Å². The predicted molar refractivity (Wildman–Crippen MR) is 106 cm³/mol. The Labute approximate surface area is 156 Å². The first-order valence-corrected chi connectivity index (χ1v) is 9.43. The smallest absolute Gasteiger partial charge is 0.407 e. The molecular formula is C20H32N4O2. The van der Waals surface area contributed by atoms with Crippen molar-refractivity contribution >= 4 is 12.1 Å². The van der Waals surface area contributed by atoms with E-state index in [1.165, 1.54) is 12.0 Å². The van der Waals surface area contributed by atoms with Crippen LogP contribution in [0, 0.1) is 5.92 Å². The third kappa shape index (κ3) is 7.33. The Morgan fingerprint density at radius 2 is 1.85 bits per heavy atom. The lowest BCUT2D eigenvalue weighted by molar-refractivity contribution is 0.0529. The molecule has 6 nitrogen and oxygen atoms in total. The highest BCUT2D eigenvalue weighted by Gasteiger charge is 2.37. The lowest BCUT2D eigenvalue weighted by atomic mass is 10.1. The first-order valence-electron chi connectivity index (χ1n) is 9.43. The fourth-order valence-corrected chi connectivity index (χ4v) is 2.77. The van der Waals surface area contributed by atoms with Crippen molar-refractivity contribution in [2.75, 3.05) is 26.2 Å². The summed E-state index contributed by atoms with van der Waals surface area (Å²) in [6, 6.07) is 10.6. The lowest BCUT2D eigenvalue weighted by Gasteiger charge is -2.19. The summed E-state index contributed by atoms with van der Waals surface area (Å²) in [5, 5.41) is 9.22. The maximum Gasteiger partial charge on any atom is 0.407 e. The molecule has 1 aliphatic carbocycles. The summed E-state index contributed by atoms with van der Waals surface area (Å²) in [7, 11) is 0. The van der Waals surface area contributed by atoms with Crippen molar-refractivity contribution in [2.24, 2.45) is 10.9 Å². The Bertz CT molecular complexity index is 596. The summed E-state index contributed by atoms with van der Waals surface area (Å²) in [6.45, 7) is 10.3. The molecular weight excluding hydrogens is 328 g/mol. The molecule has 0 radical (unpaired) electrons. The fraction of sp³-hybridized carbons (Fsp3) is 0.600. The van der Waals surface area contributed by atoms with Gasteiger partial charge in [-0.2, -0.15) is 0 Å². The molecule has 0 spiro atoms. The van der Waals surface area contributed by atoms with E-state index >= 15 is 0 Å². The highest BCUT2D eigenvalue weighted by Crippen LogP contribution is 2.47. The molecule has 1 aromatic rings. The summed E-state index contributed by atoms with van der Waals surface area (Å²) in [4.78, 5) is 16.3. The Kier molecular flexibility index (Phi) is 7.30. The van der Waals surface area contributed by atoms with Crippen molar-refractivity contribution < 1.29 is 9.53 Å². The fourth-order valence-electron chi connectivity index (χ4n) is 2.77. The minimum atomic E-state index is -0.479. The molecule has 0 saturated heterocycles. The van der Waals surface area contributed by atoms with Crippen LogP contribution in [0.3, 0.4) is 0 Å². The third-order valence-electron chi connectivity index (χ3n) is 4.06. The summed E-state index contributed by atoms with van der Waals surface area (Å²) in [6.07, 6.45) is 0.803. The van der Waals surface area contributed by atoms with E-state index in [1.807, 2.05) is 27.7 Å². The monoisotopic (exact) mass is 360 g/mol. The van der Waals surface area contributed by atoms with Gasteiger partial charge >= 0.3 is 6.09 Å². The van der Waals surface area contributed by atoms with E-state index in [0.717, 1.165) is 19.0 Å². The molecule has 0 bridgehead atoms. The van der Waals surface area contributed by atoms with Crippen molar-refractivity contribution in [1.82, 2.24) is 16.0 Å². The van der Waals surface area contributed by atoms with Gasteiger partial charge in [-0.25, -0.2) is 4.79 Å². The van der Waals surface area contributed by atoms with Gasteiger partial charge in [-0.05, 0) is 51.5 Å². The summed E-state index contributed by atoms with van der Waals surface area (Å²) in [5.41, 5.74) is 0.931. The zero-order valence-corrected chi connectivity index (χ0v) is 16.3. The minimum Gasteiger partial charge on any atom is -0.444 e. The highest BCUT2D eigenvalue weighted by molar-refractivity contribution is 5.79. The number of ether oxygens (including phenoxy) is 1. The molecule has 0 aromatic heterocycles. The number of alkyl carbamates (subject to hydrolysis) is 1. The number of nitrogens with one attached hydrogen (secondary N) is 3. The quantitative estimate of drug-likeness (QED) is 0.397. The van der Waals surface area contributed by atoms with E-state index < -0.39 is 11.7 Å². The number of carbonyl (C=O) groups is 1. The van der Waals surface area contributed by atoms with Crippen LogP contribution in [0.1, 0.15) is 45.6 Å². The molecule has 144 valence electrons. The number of rotatable bonds is 7. The van der Waals surface area contributed by atoms with Crippen LogP contribution in [0.15, 0.2) is 35.3 Å². The third-order valence-corrected chi connectivity index (χ3v) is 4.06. The number of amides is 1. The molecule has 0 aliphatic heterocycles. The zero-order valence-electron chi connectivity index (χ0n) is 16.3. The lowest BCUT2D eigenvalue weighted by Crippen LogP contribution is -2.42. The van der Waals surface area contributed by atoms with Gasteiger partial charge in [0.15, 0.2) is 5.96 Å². The van der Waals surface area contributed by atoms with E-state index in [4.69, 9.17) is 4.74 Å². The van der Waals surface area contributed by atoms with Gasteiger partial charge in [0.2, 0.25) is 0 Å². The van der Waals surface area contributed by atoms with Crippen LogP contribution < -0.4 is 16.0 Å². The number of hydrogen-bond acceptors (Lipinski definition) is 3. The van der Waals surface area contributed by atoms with E-state index in [0.29, 0.717) is 24.9 Å². The first-order chi connectivity index (χ1) is 12.4. The van der Waals surface area contributed by atoms with Gasteiger partial charge < -0.3 is 20.7 Å². The Balaban J connectivity index is 1.70. The molecule has 26 heavy (non-hydrogen) atoms. The molecule has 1 aliphatic rings. The maximum absolute atomic E-state index is 11.6. The molecule has 3 N–H and O–H groups in total. The van der Waals surface area contributed by atoms with Crippen LogP contribution in [0.5, 0.6) is 0 Å². The molecule has 1 fully saturated rings. The van der Waals surface area contributed by atoms with Crippen LogP contribution in [0.25, 0.3) is 0 Å². The summed E-state index contributed by atoms with van der Waals surface area (Å²) >= 11 is 0. The Morgan fingerprint density at radius 1 is 1.15 bits per heavy atom. The van der Waals surface area contributed by atoms with Crippen molar-refractivity contribution in [2.45, 2.75) is 45.6 Å². The number of carbonyl (C=O) groups excluding carboxylic acids is 1. The predicted octanol–water partition coefficient (Wildman–Crippen LogP) is 2.87. The normalized spacial score (nSPS) is 19.6. The van der Waals surface area contributed by atoms with Gasteiger partial charge in [0.25, 0.3) is 0 Å². The number of guanidine groups is 1. The largest absolute Gasteiger partial charge is 0.444 e. The van der Waals surface area contributed by atoms with Crippen LogP contribution in [0.2, 0.25) is 0 Å². The van der Waals surface area contributed by atoms with Gasteiger partial charge in [-0.3, -0.25) is 4.99 Å². The topological polar surface area (TPSA) is 74.8 Å². The van der Waals surface area contributed by atoms with E-state index in [-0.39, 0.29) is 0 Å². The second kappa shape index (κ2) is 9.46. The van der Waals surface area contributed by atoms with E-state index in [1.54, 1.807) is 0 Å². The molecule has 2 atom stereocenters. The molecule has 6 heteroatoms. The molecule has 1 aromatic carbocycles. The van der Waals surface area contributed by atoms with Crippen molar-refractivity contribution in [3.63, 3.8) is 0 Å². The minimum absolute atomic E-state index is 0.398. The second-order valence-corrected chi connectivity index (χ2v) is 7.59. The second-order valence-electron chi connectivity index (χ2n) is 7.59. The van der Waals surface area contributed by atoms with Gasteiger partial charge in [-0.1, -0.05) is 30.3 Å². The number of aliphatic imine (C=N–C) groups is 1. The van der Waals surface area contributed by atoms with Gasteiger partial charge in [0, 0.05) is 26.2 Å². The summed E-state index contributed by atoms with van der Waals surface area (Å²) < 4.78 is 5.21. The molecule has 1 saturated carbocycles. The first kappa shape index (κ1) is 20.1. The highest BCUT2D eigenvalue weighted by atomic mass is 16.6. The standard InChI is InChI=1S/C20H32N4O2/c1-5-21-18(22-11-12-23-19(25)26-20(2,3)4)24-14-16-13-17(16)15-9-7-6-8-10-15/h6-10,16-17H,5,11-14H2,1-4H3,(H,23,25)(H2,21,22,24). The molecule has 0 heterocycles. The van der Waals surface area contributed by atoms with E-state index in [9.17, 15) is 4.79 Å². The van der Waals surface area contributed by atoms with Crippen molar-refractivity contribution in [3.8, 4) is 0 Å². The number of nitrogens with zero attached hydrogens (tertiary/aromatic N) is 1. The SMILES string of the molecule is CCNC(=NCC1CC1c1ccccc1)NCCNC(=O)OC(C)(C)C. The van der Waals surface area contributed by atoms with Crippen LogP contribution in [-0.4, -0.2) is 43.8 Å². The number of benzene rings is 1. The van der Waals surface area contributed by atoms with Gasteiger partial charge in [0.1, 0.15) is 5.60 Å². The number of hydrogen-bond donors (Lipinski definition) is 3. The maximum atomic E-state index is 11.6.